The molecule has 11 rings (SSSR count). The maximum absolute atomic E-state index is 6.24. The molecule has 1 aromatic heterocycles. The van der Waals surface area contributed by atoms with E-state index in [0.717, 1.165) is 50.1 Å². The van der Waals surface area contributed by atoms with Crippen LogP contribution in [0.5, 0.6) is 0 Å². The molecule has 0 radical (unpaired) electrons. The van der Waals surface area contributed by atoms with Gasteiger partial charge in [-0.25, -0.2) is 0 Å². The van der Waals surface area contributed by atoms with E-state index in [2.05, 4.69) is 205 Å². The molecule has 0 aliphatic rings. The third-order valence-corrected chi connectivity index (χ3v) is 11.2. The second-order valence-electron chi connectivity index (χ2n) is 14.5. The van der Waals surface area contributed by atoms with E-state index in [9.17, 15) is 0 Å². The predicted molar refractivity (Wildman–Crippen MR) is 237 cm³/mol. The SMILES string of the molecule is c1cc(-c2cc3ccccc3c3ccccc23)cc(N(c2ccc(-c3ccc4ccccc4c3)cc2)c2ccc(-c3cccc4oc5ccccc5c34)cc2)c1. The van der Waals surface area contributed by atoms with Gasteiger partial charge < -0.3 is 9.32 Å². The van der Waals surface area contributed by atoms with Crippen LogP contribution in [0, 0.1) is 0 Å². The Morgan fingerprint density at radius 1 is 0.286 bits per heavy atom. The zero-order chi connectivity index (χ0) is 37.0. The molecule has 262 valence electrons. The minimum atomic E-state index is 0.902. The summed E-state index contributed by atoms with van der Waals surface area (Å²) < 4.78 is 6.24. The molecular weight excluding hydrogens is 679 g/mol. The van der Waals surface area contributed by atoms with Crippen LogP contribution >= 0.6 is 0 Å². The van der Waals surface area contributed by atoms with Gasteiger partial charge in [0.25, 0.3) is 0 Å². The van der Waals surface area contributed by atoms with Gasteiger partial charge in [-0.1, -0.05) is 152 Å². The molecule has 0 N–H and O–H groups in total. The molecule has 0 saturated heterocycles. The van der Waals surface area contributed by atoms with Gasteiger partial charge in [0.05, 0.1) is 0 Å². The van der Waals surface area contributed by atoms with Gasteiger partial charge in [-0.15, -0.1) is 0 Å². The van der Waals surface area contributed by atoms with Crippen molar-refractivity contribution in [2.24, 2.45) is 0 Å². The van der Waals surface area contributed by atoms with Crippen molar-refractivity contribution in [1.82, 2.24) is 0 Å². The van der Waals surface area contributed by atoms with Gasteiger partial charge in [0.2, 0.25) is 0 Å². The molecule has 2 heteroatoms. The lowest BCUT2D eigenvalue weighted by Crippen LogP contribution is -2.10. The highest BCUT2D eigenvalue weighted by atomic mass is 16.3. The van der Waals surface area contributed by atoms with Crippen LogP contribution in [-0.4, -0.2) is 0 Å². The van der Waals surface area contributed by atoms with E-state index in [1.165, 1.54) is 54.6 Å². The molecule has 2 nitrogen and oxygen atoms in total. The molecule has 11 aromatic rings. The van der Waals surface area contributed by atoms with Crippen molar-refractivity contribution in [3.63, 3.8) is 0 Å². The van der Waals surface area contributed by atoms with Crippen LogP contribution in [0.15, 0.2) is 217 Å². The van der Waals surface area contributed by atoms with Gasteiger partial charge in [0.1, 0.15) is 11.2 Å². The number of benzene rings is 10. The summed E-state index contributed by atoms with van der Waals surface area (Å²) in [5.41, 5.74) is 12.2. The van der Waals surface area contributed by atoms with Gasteiger partial charge in [-0.3, -0.25) is 0 Å². The number of furan rings is 1. The van der Waals surface area contributed by atoms with Crippen molar-refractivity contribution in [3.05, 3.63) is 212 Å². The Morgan fingerprint density at radius 2 is 0.893 bits per heavy atom. The standard InChI is InChI=1S/C54H35NO/c1-2-12-39-33-40(24-23-36(39)11-1)37-25-29-43(30-26-37)55(44-31-27-38(28-32-44)47-20-10-22-53-54(47)50-19-7-8-21-52(50)56-53)45-15-9-14-41(34-45)51-35-42-13-3-4-16-46(42)48-17-5-6-18-49(48)51/h1-35H. The molecule has 56 heavy (non-hydrogen) atoms. The highest BCUT2D eigenvalue weighted by molar-refractivity contribution is 6.14. The third-order valence-electron chi connectivity index (χ3n) is 11.2. The molecule has 1 heterocycles. The van der Waals surface area contributed by atoms with Crippen molar-refractivity contribution in [2.45, 2.75) is 0 Å². The summed E-state index contributed by atoms with van der Waals surface area (Å²) >= 11 is 0. The first-order chi connectivity index (χ1) is 27.7. The first-order valence-corrected chi connectivity index (χ1v) is 19.2. The number of fused-ring (bicyclic) bond motifs is 7. The largest absolute Gasteiger partial charge is 0.456 e. The summed E-state index contributed by atoms with van der Waals surface area (Å²) in [6.07, 6.45) is 0. The summed E-state index contributed by atoms with van der Waals surface area (Å²) in [6, 6.07) is 76.6. The molecule has 0 amide bonds. The van der Waals surface area contributed by atoms with E-state index in [1.54, 1.807) is 0 Å². The minimum Gasteiger partial charge on any atom is -0.456 e. The summed E-state index contributed by atoms with van der Waals surface area (Å²) in [5, 5.41) is 9.80. The third kappa shape index (κ3) is 5.42. The molecule has 10 aromatic carbocycles. The van der Waals surface area contributed by atoms with Gasteiger partial charge in [0.15, 0.2) is 0 Å². The predicted octanol–water partition coefficient (Wildman–Crippen LogP) is 15.5. The maximum atomic E-state index is 6.24. The molecule has 0 fully saturated rings. The Kier molecular flexibility index (Phi) is 7.53. The lowest BCUT2D eigenvalue weighted by molar-refractivity contribution is 0.669. The fraction of sp³-hybridized carbons (Fsp3) is 0. The number of nitrogens with zero attached hydrogens (tertiary/aromatic N) is 1. The highest BCUT2D eigenvalue weighted by Crippen LogP contribution is 2.42. The monoisotopic (exact) mass is 713 g/mol. The van der Waals surface area contributed by atoms with Crippen LogP contribution < -0.4 is 4.90 Å². The fourth-order valence-corrected chi connectivity index (χ4v) is 8.53. The van der Waals surface area contributed by atoms with E-state index >= 15 is 0 Å². The van der Waals surface area contributed by atoms with Crippen molar-refractivity contribution in [2.75, 3.05) is 4.90 Å². The molecule has 0 saturated carbocycles. The van der Waals surface area contributed by atoms with Crippen LogP contribution in [0.3, 0.4) is 0 Å². The van der Waals surface area contributed by atoms with Crippen LogP contribution in [-0.2, 0) is 0 Å². The maximum Gasteiger partial charge on any atom is 0.136 e. The van der Waals surface area contributed by atoms with Gasteiger partial charge in [-0.2, -0.15) is 0 Å². The van der Waals surface area contributed by atoms with Crippen LogP contribution in [0.2, 0.25) is 0 Å². The van der Waals surface area contributed by atoms with Crippen molar-refractivity contribution < 1.29 is 4.42 Å². The summed E-state index contributed by atoms with van der Waals surface area (Å²) in [6.45, 7) is 0. The number of rotatable bonds is 6. The fourth-order valence-electron chi connectivity index (χ4n) is 8.53. The first kappa shape index (κ1) is 32.0. The van der Waals surface area contributed by atoms with E-state index in [1.807, 2.05) is 12.1 Å². The first-order valence-electron chi connectivity index (χ1n) is 19.2. The van der Waals surface area contributed by atoms with Crippen molar-refractivity contribution >= 4 is 71.3 Å². The van der Waals surface area contributed by atoms with Crippen molar-refractivity contribution in [3.8, 4) is 33.4 Å². The number of para-hydroxylation sites is 1. The molecule has 0 aliphatic carbocycles. The number of hydrogen-bond acceptors (Lipinski definition) is 2. The minimum absolute atomic E-state index is 0.902. The summed E-state index contributed by atoms with van der Waals surface area (Å²) in [5.74, 6) is 0. The molecule has 0 unspecified atom stereocenters. The molecule has 0 aliphatic heterocycles. The highest BCUT2D eigenvalue weighted by Gasteiger charge is 2.17. The second-order valence-corrected chi connectivity index (χ2v) is 14.5. The van der Waals surface area contributed by atoms with E-state index in [0.29, 0.717) is 0 Å². The quantitative estimate of drug-likeness (QED) is 0.160. The number of hydrogen-bond donors (Lipinski definition) is 0. The van der Waals surface area contributed by atoms with Gasteiger partial charge >= 0.3 is 0 Å². The Hall–Kier alpha value is -7.42. The topological polar surface area (TPSA) is 16.4 Å². The molecular formula is C54H35NO. The zero-order valence-electron chi connectivity index (χ0n) is 30.6. The molecule has 0 atom stereocenters. The Balaban J connectivity index is 1.05. The van der Waals surface area contributed by atoms with E-state index < -0.39 is 0 Å². The Labute approximate surface area is 325 Å². The summed E-state index contributed by atoms with van der Waals surface area (Å²) in [7, 11) is 0. The van der Waals surface area contributed by atoms with Crippen molar-refractivity contribution in [1.29, 1.82) is 0 Å². The van der Waals surface area contributed by atoms with Gasteiger partial charge in [-0.05, 0) is 126 Å². The lowest BCUT2D eigenvalue weighted by Gasteiger charge is -2.26. The van der Waals surface area contributed by atoms with Crippen LogP contribution in [0.1, 0.15) is 0 Å². The van der Waals surface area contributed by atoms with E-state index in [4.69, 9.17) is 4.42 Å². The lowest BCUT2D eigenvalue weighted by atomic mass is 9.93. The number of anilines is 3. The van der Waals surface area contributed by atoms with Crippen LogP contribution in [0.4, 0.5) is 17.1 Å². The average molecular weight is 714 g/mol. The summed E-state index contributed by atoms with van der Waals surface area (Å²) in [4.78, 5) is 2.37. The smallest absolute Gasteiger partial charge is 0.136 e. The van der Waals surface area contributed by atoms with E-state index in [-0.39, 0.29) is 0 Å². The average Bonchev–Trinajstić information content (AvgIpc) is 3.66. The zero-order valence-corrected chi connectivity index (χ0v) is 30.6. The van der Waals surface area contributed by atoms with Crippen LogP contribution in [0.25, 0.3) is 87.6 Å². The molecule has 0 spiro atoms. The Bertz CT molecular complexity index is 3250. The molecule has 0 bridgehead atoms. The Morgan fingerprint density at radius 3 is 1.70 bits per heavy atom. The van der Waals surface area contributed by atoms with Gasteiger partial charge in [0, 0.05) is 27.8 Å². The second kappa shape index (κ2) is 13.2. The normalized spacial score (nSPS) is 11.6.